The average Bonchev–Trinajstić information content (AvgIpc) is 3.35. The number of benzene rings is 1. The van der Waals surface area contributed by atoms with Gasteiger partial charge in [0.1, 0.15) is 0 Å². The first-order valence-corrected chi connectivity index (χ1v) is 9.16. The van der Waals surface area contributed by atoms with E-state index in [2.05, 4.69) is 39.2 Å². The number of hydrogen-bond acceptors (Lipinski definition) is 2. The van der Waals surface area contributed by atoms with E-state index in [0.717, 1.165) is 49.9 Å². The topological polar surface area (TPSA) is 39.7 Å². The first-order valence-electron chi connectivity index (χ1n) is 8.78. The molecule has 2 unspecified atom stereocenters. The largest absolute Gasteiger partial charge is 0.354 e. The van der Waals surface area contributed by atoms with Crippen LogP contribution in [-0.2, 0) is 0 Å². The number of nitrogens with one attached hydrogen (secondary N) is 2. The summed E-state index contributed by atoms with van der Waals surface area (Å²) in [6, 6.07) is 9.13. The van der Waals surface area contributed by atoms with Gasteiger partial charge in [0, 0.05) is 49.7 Å². The molecule has 1 saturated carbocycles. The van der Waals surface area contributed by atoms with E-state index in [-0.39, 0.29) is 0 Å². The molecule has 24 heavy (non-hydrogen) atoms. The van der Waals surface area contributed by atoms with Crippen LogP contribution < -0.4 is 10.6 Å². The standard InChI is InChI=1S/C19H27ClN4/c1-3-9-24-10-7-16(8-11-24)22-19(21-2)23-18-13-17(18)14-5-4-6-15(20)12-14/h3-6,12,16-18H,1,7-11,13H2,2H3,(H2,21,22,23). The SMILES string of the molecule is C=CCN1CCC(NC(=NC)NC2CC2c2cccc(Cl)c2)CC1. The van der Waals surface area contributed by atoms with Crippen LogP contribution in [-0.4, -0.2) is 49.6 Å². The number of piperidine rings is 1. The monoisotopic (exact) mass is 346 g/mol. The molecule has 0 radical (unpaired) electrons. The van der Waals surface area contributed by atoms with E-state index in [1.165, 1.54) is 5.56 Å². The maximum absolute atomic E-state index is 6.09. The Kier molecular flexibility index (Phi) is 5.80. The Hall–Kier alpha value is -1.52. The third-order valence-electron chi connectivity index (χ3n) is 4.93. The number of hydrogen-bond donors (Lipinski definition) is 2. The summed E-state index contributed by atoms with van der Waals surface area (Å²) in [5.74, 6) is 1.46. The van der Waals surface area contributed by atoms with Gasteiger partial charge in [-0.05, 0) is 37.0 Å². The van der Waals surface area contributed by atoms with Crippen LogP contribution in [0.1, 0.15) is 30.7 Å². The minimum atomic E-state index is 0.454. The Labute approximate surface area is 150 Å². The van der Waals surface area contributed by atoms with Gasteiger partial charge in [0.2, 0.25) is 0 Å². The smallest absolute Gasteiger partial charge is 0.191 e. The number of rotatable bonds is 5. The molecule has 1 aliphatic carbocycles. The molecule has 0 spiro atoms. The molecular weight excluding hydrogens is 320 g/mol. The number of likely N-dealkylation sites (tertiary alicyclic amines) is 1. The van der Waals surface area contributed by atoms with Crippen LogP contribution in [0.4, 0.5) is 0 Å². The zero-order valence-electron chi connectivity index (χ0n) is 14.3. The van der Waals surface area contributed by atoms with E-state index < -0.39 is 0 Å². The molecule has 2 aliphatic rings. The van der Waals surface area contributed by atoms with Crippen molar-refractivity contribution in [3.05, 3.63) is 47.5 Å². The molecule has 1 saturated heterocycles. The highest BCUT2D eigenvalue weighted by atomic mass is 35.5. The van der Waals surface area contributed by atoms with Gasteiger partial charge in [-0.15, -0.1) is 6.58 Å². The summed E-state index contributed by atoms with van der Waals surface area (Å²) in [5, 5.41) is 7.95. The molecule has 1 aromatic carbocycles. The van der Waals surface area contributed by atoms with Crippen LogP contribution in [0.2, 0.25) is 5.02 Å². The van der Waals surface area contributed by atoms with Gasteiger partial charge in [-0.1, -0.05) is 29.8 Å². The van der Waals surface area contributed by atoms with Crippen molar-refractivity contribution in [1.82, 2.24) is 15.5 Å². The van der Waals surface area contributed by atoms with Crippen LogP contribution in [0.25, 0.3) is 0 Å². The van der Waals surface area contributed by atoms with Crippen molar-refractivity contribution in [2.45, 2.75) is 37.3 Å². The maximum atomic E-state index is 6.09. The van der Waals surface area contributed by atoms with Crippen molar-refractivity contribution in [2.75, 3.05) is 26.7 Å². The van der Waals surface area contributed by atoms with Gasteiger partial charge in [0.05, 0.1) is 0 Å². The highest BCUT2D eigenvalue weighted by molar-refractivity contribution is 6.30. The molecule has 0 aromatic heterocycles. The average molecular weight is 347 g/mol. The van der Waals surface area contributed by atoms with E-state index in [1.807, 2.05) is 25.3 Å². The molecule has 0 bridgehead atoms. The third-order valence-corrected chi connectivity index (χ3v) is 5.16. The Morgan fingerprint density at radius 1 is 1.38 bits per heavy atom. The number of halogens is 1. The summed E-state index contributed by atoms with van der Waals surface area (Å²) in [6.07, 6.45) is 5.42. The lowest BCUT2D eigenvalue weighted by Crippen LogP contribution is -2.49. The van der Waals surface area contributed by atoms with Gasteiger partial charge in [-0.25, -0.2) is 0 Å². The lowest BCUT2D eigenvalue weighted by molar-refractivity contribution is 0.225. The fourth-order valence-corrected chi connectivity index (χ4v) is 3.64. The molecule has 1 aromatic rings. The molecular formula is C19H27ClN4. The second kappa shape index (κ2) is 8.04. The van der Waals surface area contributed by atoms with Gasteiger partial charge < -0.3 is 10.6 Å². The zero-order valence-corrected chi connectivity index (χ0v) is 15.1. The van der Waals surface area contributed by atoms with Crippen LogP contribution in [0.15, 0.2) is 41.9 Å². The van der Waals surface area contributed by atoms with Gasteiger partial charge in [0.15, 0.2) is 5.96 Å². The van der Waals surface area contributed by atoms with Gasteiger partial charge in [0.25, 0.3) is 0 Å². The Bertz CT molecular complexity index is 593. The summed E-state index contributed by atoms with van der Waals surface area (Å²) in [6.45, 7) is 7.05. The zero-order chi connectivity index (χ0) is 16.9. The Morgan fingerprint density at radius 2 is 2.17 bits per heavy atom. The molecule has 0 amide bonds. The molecule has 4 nitrogen and oxygen atoms in total. The number of guanidine groups is 1. The van der Waals surface area contributed by atoms with Crippen molar-refractivity contribution in [3.8, 4) is 0 Å². The second-order valence-corrected chi connectivity index (χ2v) is 7.16. The molecule has 3 rings (SSSR count). The lowest BCUT2D eigenvalue weighted by Gasteiger charge is -2.32. The van der Waals surface area contributed by atoms with Crippen molar-refractivity contribution in [2.24, 2.45) is 4.99 Å². The lowest BCUT2D eigenvalue weighted by atomic mass is 10.1. The molecule has 1 heterocycles. The molecule has 5 heteroatoms. The molecule has 1 aliphatic heterocycles. The fourth-order valence-electron chi connectivity index (χ4n) is 3.44. The van der Waals surface area contributed by atoms with Crippen molar-refractivity contribution in [3.63, 3.8) is 0 Å². The van der Waals surface area contributed by atoms with E-state index in [1.54, 1.807) is 0 Å². The van der Waals surface area contributed by atoms with Crippen molar-refractivity contribution in [1.29, 1.82) is 0 Å². The van der Waals surface area contributed by atoms with Gasteiger partial charge in [-0.2, -0.15) is 0 Å². The first-order chi connectivity index (χ1) is 11.7. The van der Waals surface area contributed by atoms with Crippen molar-refractivity contribution < 1.29 is 0 Å². The molecule has 2 atom stereocenters. The normalized spacial score (nSPS) is 25.3. The quantitative estimate of drug-likeness (QED) is 0.489. The molecule has 2 N–H and O–H groups in total. The number of aliphatic imine (C=N–C) groups is 1. The number of nitrogens with zero attached hydrogens (tertiary/aromatic N) is 2. The summed E-state index contributed by atoms with van der Waals surface area (Å²) in [5.41, 5.74) is 1.31. The second-order valence-electron chi connectivity index (χ2n) is 6.73. The van der Waals surface area contributed by atoms with Gasteiger partial charge in [-0.3, -0.25) is 9.89 Å². The van der Waals surface area contributed by atoms with E-state index >= 15 is 0 Å². The van der Waals surface area contributed by atoms with E-state index in [9.17, 15) is 0 Å². The maximum Gasteiger partial charge on any atom is 0.191 e. The first kappa shape index (κ1) is 17.3. The minimum Gasteiger partial charge on any atom is -0.354 e. The van der Waals surface area contributed by atoms with Crippen LogP contribution in [0.5, 0.6) is 0 Å². The van der Waals surface area contributed by atoms with Gasteiger partial charge >= 0.3 is 0 Å². The fraction of sp³-hybridized carbons (Fsp3) is 0.526. The Balaban J connectivity index is 1.46. The summed E-state index contributed by atoms with van der Waals surface area (Å²) in [7, 11) is 1.85. The van der Waals surface area contributed by atoms with E-state index in [0.29, 0.717) is 18.0 Å². The van der Waals surface area contributed by atoms with Crippen molar-refractivity contribution >= 4 is 17.6 Å². The van der Waals surface area contributed by atoms with E-state index in [4.69, 9.17) is 11.6 Å². The van der Waals surface area contributed by atoms with Crippen LogP contribution in [0, 0.1) is 0 Å². The summed E-state index contributed by atoms with van der Waals surface area (Å²) >= 11 is 6.09. The highest BCUT2D eigenvalue weighted by Crippen LogP contribution is 2.41. The Morgan fingerprint density at radius 3 is 2.83 bits per heavy atom. The van der Waals surface area contributed by atoms with Crippen LogP contribution >= 0.6 is 11.6 Å². The predicted molar refractivity (Wildman–Crippen MR) is 102 cm³/mol. The minimum absolute atomic E-state index is 0.454. The molecule has 2 fully saturated rings. The third kappa shape index (κ3) is 4.52. The predicted octanol–water partition coefficient (Wildman–Crippen LogP) is 3.01. The van der Waals surface area contributed by atoms with Crippen LogP contribution in [0.3, 0.4) is 0 Å². The summed E-state index contributed by atoms with van der Waals surface area (Å²) < 4.78 is 0. The summed E-state index contributed by atoms with van der Waals surface area (Å²) in [4.78, 5) is 6.84. The molecule has 130 valence electrons. The highest BCUT2D eigenvalue weighted by Gasteiger charge is 2.39.